The molecular formula is C20H23N3OS. The summed E-state index contributed by atoms with van der Waals surface area (Å²) in [5, 5.41) is 9.57. The van der Waals surface area contributed by atoms with Crippen molar-refractivity contribution in [3.63, 3.8) is 0 Å². The quantitative estimate of drug-likeness (QED) is 0.593. The molecule has 1 atom stereocenters. The maximum atomic E-state index is 6.02. The normalized spacial score (nSPS) is 12.2. The van der Waals surface area contributed by atoms with E-state index in [1.54, 1.807) is 11.8 Å². The number of nitrogens with zero attached hydrogens (tertiary/aromatic N) is 3. The minimum absolute atomic E-state index is 0.160. The average molecular weight is 353 g/mol. The predicted octanol–water partition coefficient (Wildman–Crippen LogP) is 4.86. The van der Waals surface area contributed by atoms with Gasteiger partial charge in [-0.05, 0) is 49.6 Å². The summed E-state index contributed by atoms with van der Waals surface area (Å²) in [5.74, 6) is 2.56. The second kappa shape index (κ2) is 7.74. The Bertz CT molecular complexity index is 860. The highest BCUT2D eigenvalue weighted by Crippen LogP contribution is 2.26. The fourth-order valence-electron chi connectivity index (χ4n) is 2.67. The molecule has 3 rings (SSSR count). The van der Waals surface area contributed by atoms with Crippen LogP contribution in [-0.4, -0.2) is 14.8 Å². The largest absolute Gasteiger partial charge is 0.483 e. The number of aromatic nitrogens is 3. The van der Waals surface area contributed by atoms with Gasteiger partial charge in [-0.2, -0.15) is 0 Å². The molecule has 0 aliphatic rings. The number of rotatable bonds is 6. The molecule has 25 heavy (non-hydrogen) atoms. The summed E-state index contributed by atoms with van der Waals surface area (Å²) in [6.45, 7) is 6.19. The van der Waals surface area contributed by atoms with E-state index in [4.69, 9.17) is 4.74 Å². The van der Waals surface area contributed by atoms with Gasteiger partial charge in [0.2, 0.25) is 0 Å². The Labute approximate surface area is 153 Å². The predicted molar refractivity (Wildman–Crippen MR) is 102 cm³/mol. The lowest BCUT2D eigenvalue weighted by Gasteiger charge is -2.14. The number of aryl methyl sites for hydroxylation is 2. The van der Waals surface area contributed by atoms with E-state index >= 15 is 0 Å². The summed E-state index contributed by atoms with van der Waals surface area (Å²) in [4.78, 5) is 0. The molecule has 0 aliphatic heterocycles. The Morgan fingerprint density at radius 3 is 2.64 bits per heavy atom. The van der Waals surface area contributed by atoms with Gasteiger partial charge in [-0.3, -0.25) is 0 Å². The third-order valence-corrected chi connectivity index (χ3v) is 5.22. The third kappa shape index (κ3) is 4.23. The standard InChI is InChI=1S/C20H23N3OS/c1-14-8-7-11-18(12-14)24-16(3)19-21-22-20(23(19)4)25-13-17-10-6-5-9-15(17)2/h5-12,16H,13H2,1-4H3. The number of benzene rings is 2. The minimum Gasteiger partial charge on any atom is -0.483 e. The van der Waals surface area contributed by atoms with Crippen molar-refractivity contribution in [2.24, 2.45) is 7.05 Å². The lowest BCUT2D eigenvalue weighted by Crippen LogP contribution is -2.10. The fourth-order valence-corrected chi connectivity index (χ4v) is 3.66. The zero-order chi connectivity index (χ0) is 17.8. The van der Waals surface area contributed by atoms with E-state index in [1.807, 2.05) is 36.7 Å². The highest BCUT2D eigenvalue weighted by molar-refractivity contribution is 7.98. The van der Waals surface area contributed by atoms with Gasteiger partial charge in [-0.15, -0.1) is 10.2 Å². The molecule has 1 unspecified atom stereocenters. The van der Waals surface area contributed by atoms with E-state index in [0.29, 0.717) is 0 Å². The molecule has 0 N–H and O–H groups in total. The number of ether oxygens (including phenoxy) is 1. The van der Waals surface area contributed by atoms with E-state index in [1.165, 1.54) is 16.7 Å². The van der Waals surface area contributed by atoms with E-state index < -0.39 is 0 Å². The molecule has 0 amide bonds. The molecule has 1 heterocycles. The van der Waals surface area contributed by atoms with Gasteiger partial charge < -0.3 is 9.30 Å². The van der Waals surface area contributed by atoms with Crippen LogP contribution in [0.5, 0.6) is 5.75 Å². The lowest BCUT2D eigenvalue weighted by molar-refractivity contribution is 0.211. The van der Waals surface area contributed by atoms with Crippen LogP contribution in [0.3, 0.4) is 0 Å². The molecule has 4 nitrogen and oxygen atoms in total. The Hall–Kier alpha value is -2.27. The summed E-state index contributed by atoms with van der Waals surface area (Å²) in [7, 11) is 1.99. The second-order valence-electron chi connectivity index (χ2n) is 6.19. The van der Waals surface area contributed by atoms with Crippen molar-refractivity contribution in [2.75, 3.05) is 0 Å². The van der Waals surface area contributed by atoms with Crippen molar-refractivity contribution in [2.45, 2.75) is 37.8 Å². The van der Waals surface area contributed by atoms with Crippen LogP contribution in [0.2, 0.25) is 0 Å². The van der Waals surface area contributed by atoms with Crippen LogP contribution >= 0.6 is 11.8 Å². The zero-order valence-corrected chi connectivity index (χ0v) is 15.9. The van der Waals surface area contributed by atoms with Gasteiger partial charge in [0.15, 0.2) is 17.1 Å². The third-order valence-electron chi connectivity index (χ3n) is 4.15. The first-order chi connectivity index (χ1) is 12.0. The van der Waals surface area contributed by atoms with Gasteiger partial charge in [0.1, 0.15) is 5.75 Å². The molecule has 2 aromatic carbocycles. The van der Waals surface area contributed by atoms with E-state index in [2.05, 4.69) is 54.4 Å². The summed E-state index contributed by atoms with van der Waals surface area (Å²) in [6.07, 6.45) is -0.160. The maximum Gasteiger partial charge on any atom is 0.191 e. The van der Waals surface area contributed by atoms with Crippen LogP contribution in [0.15, 0.2) is 53.7 Å². The van der Waals surface area contributed by atoms with Crippen LogP contribution in [0.1, 0.15) is 35.5 Å². The smallest absolute Gasteiger partial charge is 0.191 e. The molecule has 0 radical (unpaired) electrons. The molecule has 0 bridgehead atoms. The first kappa shape index (κ1) is 17.5. The summed E-state index contributed by atoms with van der Waals surface area (Å²) in [6, 6.07) is 16.5. The molecule has 0 saturated carbocycles. The van der Waals surface area contributed by atoms with Crippen LogP contribution in [0.4, 0.5) is 0 Å². The monoisotopic (exact) mass is 353 g/mol. The van der Waals surface area contributed by atoms with Gasteiger partial charge in [-0.25, -0.2) is 0 Å². The Morgan fingerprint density at radius 2 is 1.88 bits per heavy atom. The summed E-state index contributed by atoms with van der Waals surface area (Å²) in [5.41, 5.74) is 3.80. The summed E-state index contributed by atoms with van der Waals surface area (Å²) < 4.78 is 8.04. The Kier molecular flexibility index (Phi) is 5.43. The minimum atomic E-state index is -0.160. The molecular weight excluding hydrogens is 330 g/mol. The van der Waals surface area contributed by atoms with Crippen LogP contribution in [0.25, 0.3) is 0 Å². The molecule has 0 aliphatic carbocycles. The SMILES string of the molecule is Cc1cccc(OC(C)c2nnc(SCc3ccccc3C)n2C)c1. The van der Waals surface area contributed by atoms with Gasteiger partial charge in [0.25, 0.3) is 0 Å². The molecule has 0 fully saturated rings. The molecule has 5 heteroatoms. The molecule has 0 spiro atoms. The molecule has 1 aromatic heterocycles. The van der Waals surface area contributed by atoms with Crippen molar-refractivity contribution in [3.8, 4) is 5.75 Å². The van der Waals surface area contributed by atoms with Crippen molar-refractivity contribution < 1.29 is 4.74 Å². The lowest BCUT2D eigenvalue weighted by atomic mass is 10.1. The summed E-state index contributed by atoms with van der Waals surface area (Å²) >= 11 is 1.70. The molecule has 130 valence electrons. The van der Waals surface area contributed by atoms with Gasteiger partial charge >= 0.3 is 0 Å². The molecule has 3 aromatic rings. The number of hydrogen-bond acceptors (Lipinski definition) is 4. The maximum absolute atomic E-state index is 6.02. The zero-order valence-electron chi connectivity index (χ0n) is 15.1. The topological polar surface area (TPSA) is 39.9 Å². The first-order valence-electron chi connectivity index (χ1n) is 8.34. The second-order valence-corrected chi connectivity index (χ2v) is 7.13. The Morgan fingerprint density at radius 1 is 1.08 bits per heavy atom. The van der Waals surface area contributed by atoms with Crippen molar-refractivity contribution in [1.29, 1.82) is 0 Å². The van der Waals surface area contributed by atoms with Crippen LogP contribution in [-0.2, 0) is 12.8 Å². The fraction of sp³-hybridized carbons (Fsp3) is 0.300. The van der Waals surface area contributed by atoms with E-state index in [0.717, 1.165) is 22.5 Å². The first-order valence-corrected chi connectivity index (χ1v) is 9.33. The number of hydrogen-bond donors (Lipinski definition) is 0. The van der Waals surface area contributed by atoms with Crippen LogP contribution < -0.4 is 4.74 Å². The molecule has 0 saturated heterocycles. The van der Waals surface area contributed by atoms with Crippen LogP contribution in [0, 0.1) is 13.8 Å². The number of thioether (sulfide) groups is 1. The highest BCUT2D eigenvalue weighted by atomic mass is 32.2. The van der Waals surface area contributed by atoms with E-state index in [9.17, 15) is 0 Å². The highest BCUT2D eigenvalue weighted by Gasteiger charge is 2.17. The Balaban J connectivity index is 1.69. The van der Waals surface area contributed by atoms with Crippen molar-refractivity contribution >= 4 is 11.8 Å². The van der Waals surface area contributed by atoms with Crippen molar-refractivity contribution in [3.05, 3.63) is 71.0 Å². The average Bonchev–Trinajstić information content (AvgIpc) is 2.95. The van der Waals surface area contributed by atoms with Crippen molar-refractivity contribution in [1.82, 2.24) is 14.8 Å². The van der Waals surface area contributed by atoms with E-state index in [-0.39, 0.29) is 6.10 Å². The van der Waals surface area contributed by atoms with Gasteiger partial charge in [0.05, 0.1) is 0 Å². The van der Waals surface area contributed by atoms with Gasteiger partial charge in [-0.1, -0.05) is 48.2 Å². The van der Waals surface area contributed by atoms with Gasteiger partial charge in [0, 0.05) is 12.8 Å².